The number of nitrogen functional groups attached to an aromatic ring is 1. The van der Waals surface area contributed by atoms with Crippen LogP contribution in [0.25, 0.3) is 11.0 Å². The van der Waals surface area contributed by atoms with Crippen molar-refractivity contribution in [3.05, 3.63) is 10.0 Å². The lowest BCUT2D eigenvalue weighted by Crippen LogP contribution is -2.43. The number of fused-ring (bicyclic) bond motifs is 3. The summed E-state index contributed by atoms with van der Waals surface area (Å²) >= 11 is 2.17. The van der Waals surface area contributed by atoms with Crippen molar-refractivity contribution < 1.29 is 9.53 Å². The summed E-state index contributed by atoms with van der Waals surface area (Å²) in [6.45, 7) is 6.38. The maximum atomic E-state index is 12.4. The molecule has 2 bridgehead atoms. The number of anilines is 1. The number of nitrogens with zero attached hydrogens (tertiary/aromatic N) is 5. The summed E-state index contributed by atoms with van der Waals surface area (Å²) in [6.07, 6.45) is 3.10. The van der Waals surface area contributed by atoms with Crippen molar-refractivity contribution in [1.29, 1.82) is 0 Å². The molecule has 1 saturated heterocycles. The Morgan fingerprint density at radius 3 is 2.76 bits per heavy atom. The molecule has 25 heavy (non-hydrogen) atoms. The van der Waals surface area contributed by atoms with Gasteiger partial charge in [0.1, 0.15) is 21.4 Å². The highest BCUT2D eigenvalue weighted by atomic mass is 127. The van der Waals surface area contributed by atoms with Gasteiger partial charge in [-0.25, -0.2) is 19.4 Å². The predicted octanol–water partition coefficient (Wildman–Crippen LogP) is 2.58. The maximum Gasteiger partial charge on any atom is 0.410 e. The Balaban J connectivity index is 1.58. The molecule has 3 unspecified atom stereocenters. The Morgan fingerprint density at radius 2 is 2.12 bits per heavy atom. The molecule has 0 radical (unpaired) electrons. The van der Waals surface area contributed by atoms with Crippen LogP contribution in [0.3, 0.4) is 0 Å². The Kier molecular flexibility index (Phi) is 3.82. The van der Waals surface area contributed by atoms with Gasteiger partial charge in [0.05, 0.1) is 11.4 Å². The van der Waals surface area contributed by atoms with Crippen molar-refractivity contribution in [2.45, 2.75) is 51.3 Å². The summed E-state index contributed by atoms with van der Waals surface area (Å²) in [5.41, 5.74) is 6.29. The van der Waals surface area contributed by atoms with E-state index in [1.807, 2.05) is 30.4 Å². The molecule has 134 valence electrons. The second-order valence-corrected chi connectivity index (χ2v) is 8.80. The first-order valence-corrected chi connectivity index (χ1v) is 9.46. The first kappa shape index (κ1) is 16.8. The SMILES string of the molecule is CC(C)(C)OC(=O)N1CC2CC1CC2n1nc(I)c2c(N)ncnc21. The third-order valence-electron chi connectivity index (χ3n) is 4.92. The average molecular weight is 456 g/mol. The minimum Gasteiger partial charge on any atom is -0.444 e. The van der Waals surface area contributed by atoms with Gasteiger partial charge in [-0.15, -0.1) is 0 Å². The van der Waals surface area contributed by atoms with Crippen LogP contribution < -0.4 is 5.73 Å². The van der Waals surface area contributed by atoms with Crippen LogP contribution >= 0.6 is 22.6 Å². The normalized spacial score (nSPS) is 25.8. The molecule has 8 nitrogen and oxygen atoms in total. The number of aromatic nitrogens is 4. The molecule has 1 amide bonds. The molecule has 1 aliphatic heterocycles. The lowest BCUT2D eigenvalue weighted by molar-refractivity contribution is 0.0163. The standard InChI is InChI=1S/C16H21IN6O2/c1-16(2,3)25-15(24)22-6-8-4-9(22)5-10(8)23-14-11(12(17)21-23)13(18)19-7-20-14/h7-10H,4-6H2,1-3H3,(H2,18,19,20). The quantitative estimate of drug-likeness (QED) is 0.663. The summed E-state index contributed by atoms with van der Waals surface area (Å²) in [7, 11) is 0. The number of nitrogens with two attached hydrogens (primary N) is 1. The van der Waals surface area contributed by atoms with E-state index in [1.165, 1.54) is 6.33 Å². The summed E-state index contributed by atoms with van der Waals surface area (Å²) in [5, 5.41) is 5.48. The first-order valence-electron chi connectivity index (χ1n) is 8.38. The van der Waals surface area contributed by atoms with Crippen LogP contribution in [-0.4, -0.2) is 48.9 Å². The number of rotatable bonds is 1. The van der Waals surface area contributed by atoms with Crippen molar-refractivity contribution in [1.82, 2.24) is 24.6 Å². The molecule has 2 fully saturated rings. The lowest BCUT2D eigenvalue weighted by Gasteiger charge is -2.33. The van der Waals surface area contributed by atoms with Crippen molar-refractivity contribution >= 4 is 45.5 Å². The van der Waals surface area contributed by atoms with E-state index in [1.54, 1.807) is 0 Å². The number of ether oxygens (including phenoxy) is 1. The highest BCUT2D eigenvalue weighted by molar-refractivity contribution is 14.1. The first-order chi connectivity index (χ1) is 11.7. The molecule has 1 aliphatic carbocycles. The fourth-order valence-corrected chi connectivity index (χ4v) is 4.70. The van der Waals surface area contributed by atoms with Gasteiger partial charge in [0, 0.05) is 18.5 Å². The summed E-state index contributed by atoms with van der Waals surface area (Å²) in [4.78, 5) is 22.7. The number of hydrogen-bond acceptors (Lipinski definition) is 6. The van der Waals surface area contributed by atoms with Crippen LogP contribution in [0.2, 0.25) is 0 Å². The minimum absolute atomic E-state index is 0.195. The van der Waals surface area contributed by atoms with Crippen molar-refractivity contribution in [3.8, 4) is 0 Å². The highest BCUT2D eigenvalue weighted by Gasteiger charge is 2.49. The van der Waals surface area contributed by atoms with Crippen LogP contribution in [0.1, 0.15) is 39.7 Å². The fraction of sp³-hybridized carbons (Fsp3) is 0.625. The second-order valence-electron chi connectivity index (χ2n) is 7.78. The van der Waals surface area contributed by atoms with Gasteiger partial charge >= 0.3 is 6.09 Å². The van der Waals surface area contributed by atoms with Crippen LogP contribution in [0.5, 0.6) is 0 Å². The third-order valence-corrected chi connectivity index (χ3v) is 5.68. The van der Waals surface area contributed by atoms with E-state index in [9.17, 15) is 4.79 Å². The number of carbonyl (C=O) groups excluding carboxylic acids is 1. The second kappa shape index (κ2) is 5.68. The average Bonchev–Trinajstić information content (AvgIpc) is 3.18. The van der Waals surface area contributed by atoms with Gasteiger partial charge in [-0.2, -0.15) is 5.10 Å². The zero-order chi connectivity index (χ0) is 17.9. The number of amides is 1. The highest BCUT2D eigenvalue weighted by Crippen LogP contribution is 2.46. The Hall–Kier alpha value is -1.65. The summed E-state index contributed by atoms with van der Waals surface area (Å²) in [5.74, 6) is 0.812. The molecule has 0 spiro atoms. The van der Waals surface area contributed by atoms with Crippen molar-refractivity contribution in [3.63, 3.8) is 0 Å². The largest absolute Gasteiger partial charge is 0.444 e. The molecule has 0 aromatic carbocycles. The summed E-state index contributed by atoms with van der Waals surface area (Å²) in [6, 6.07) is 0.421. The number of carbonyl (C=O) groups is 1. The van der Waals surface area contributed by atoms with Crippen LogP contribution in [0, 0.1) is 9.62 Å². The zero-order valence-corrected chi connectivity index (χ0v) is 16.6. The van der Waals surface area contributed by atoms with Gasteiger partial charge in [0.15, 0.2) is 5.65 Å². The molecular weight excluding hydrogens is 435 g/mol. The Morgan fingerprint density at radius 1 is 1.36 bits per heavy atom. The molecule has 3 heterocycles. The predicted molar refractivity (Wildman–Crippen MR) is 101 cm³/mol. The van der Waals surface area contributed by atoms with Crippen molar-refractivity contribution in [2.24, 2.45) is 5.92 Å². The third kappa shape index (κ3) is 2.81. The smallest absolute Gasteiger partial charge is 0.410 e. The lowest BCUT2D eigenvalue weighted by atomic mass is 10.0. The van der Waals surface area contributed by atoms with E-state index < -0.39 is 5.60 Å². The van der Waals surface area contributed by atoms with Gasteiger partial charge in [0.25, 0.3) is 0 Å². The van der Waals surface area contributed by atoms with Gasteiger partial charge in [-0.3, -0.25) is 0 Å². The molecule has 2 aromatic rings. The number of halogens is 1. The van der Waals surface area contributed by atoms with Crippen LogP contribution in [-0.2, 0) is 4.74 Å². The molecule has 9 heteroatoms. The molecular formula is C16H21IN6O2. The van der Waals surface area contributed by atoms with Gasteiger partial charge in [-0.1, -0.05) is 0 Å². The molecule has 4 rings (SSSR count). The minimum atomic E-state index is -0.471. The molecule has 2 N–H and O–H groups in total. The van der Waals surface area contributed by atoms with E-state index in [-0.39, 0.29) is 18.2 Å². The molecule has 2 aromatic heterocycles. The monoisotopic (exact) mass is 456 g/mol. The molecule has 2 aliphatic rings. The van der Waals surface area contributed by atoms with Gasteiger partial charge < -0.3 is 15.4 Å². The molecule has 1 saturated carbocycles. The van der Waals surface area contributed by atoms with E-state index in [0.717, 1.165) is 27.6 Å². The fourth-order valence-electron chi connectivity index (χ4n) is 3.95. The zero-order valence-electron chi connectivity index (χ0n) is 14.4. The van der Waals surface area contributed by atoms with Gasteiger partial charge in [-0.05, 0) is 56.2 Å². The number of hydrogen-bond donors (Lipinski definition) is 1. The number of piperidine rings is 1. The van der Waals surface area contributed by atoms with Crippen molar-refractivity contribution in [2.75, 3.05) is 12.3 Å². The Bertz CT molecular complexity index is 845. The van der Waals surface area contributed by atoms with Crippen LogP contribution in [0.15, 0.2) is 6.33 Å². The molecule has 3 atom stereocenters. The van der Waals surface area contributed by atoms with Crippen LogP contribution in [0.4, 0.5) is 10.6 Å². The van der Waals surface area contributed by atoms with Gasteiger partial charge in [0.2, 0.25) is 0 Å². The Labute approximate surface area is 159 Å². The maximum absolute atomic E-state index is 12.4. The van der Waals surface area contributed by atoms with E-state index >= 15 is 0 Å². The number of likely N-dealkylation sites (tertiary alicyclic amines) is 1. The topological polar surface area (TPSA) is 99.2 Å². The summed E-state index contributed by atoms with van der Waals surface area (Å²) < 4.78 is 8.33. The van der Waals surface area contributed by atoms with E-state index in [2.05, 4.69) is 37.7 Å². The van der Waals surface area contributed by atoms with E-state index in [4.69, 9.17) is 10.5 Å². The van der Waals surface area contributed by atoms with E-state index in [0.29, 0.717) is 18.3 Å².